The number of hydrogen-bond donors (Lipinski definition) is 1. The summed E-state index contributed by atoms with van der Waals surface area (Å²) < 4.78 is 2.14. The van der Waals surface area contributed by atoms with Gasteiger partial charge >= 0.3 is 0 Å². The average molecular weight is 279 g/mol. The third-order valence-electron chi connectivity index (χ3n) is 3.86. The fraction of sp³-hybridized carbons (Fsp3) is 0.278. The minimum absolute atomic E-state index is 0.545. The van der Waals surface area contributed by atoms with Crippen molar-refractivity contribution in [3.63, 3.8) is 0 Å². The molecule has 3 rings (SSSR count). The average Bonchev–Trinajstić information content (AvgIpc) is 2.87. The fourth-order valence-electron chi connectivity index (χ4n) is 2.68. The van der Waals surface area contributed by atoms with Gasteiger partial charge in [0.1, 0.15) is 5.65 Å². The van der Waals surface area contributed by atoms with Gasteiger partial charge < -0.3 is 10.1 Å². The molecule has 0 aliphatic carbocycles. The van der Waals surface area contributed by atoms with Gasteiger partial charge in [0.2, 0.25) is 0 Å². The second-order valence-corrected chi connectivity index (χ2v) is 5.65. The number of imidazole rings is 1. The first-order chi connectivity index (χ1) is 10.2. The van der Waals surface area contributed by atoms with Gasteiger partial charge in [-0.2, -0.15) is 0 Å². The van der Waals surface area contributed by atoms with E-state index in [1.165, 1.54) is 11.3 Å². The number of benzene rings is 1. The molecule has 0 radical (unpaired) electrons. The van der Waals surface area contributed by atoms with Crippen molar-refractivity contribution in [2.45, 2.75) is 26.2 Å². The molecule has 21 heavy (non-hydrogen) atoms. The zero-order chi connectivity index (χ0) is 14.8. The standard InChI is InChI=1S/C18H21N3/c1-13(2)14-6-8-15(9-7-14)18-16(10-11-19)21-12-4-3-5-17(21)20-18/h3-9,12-13H,10-11,19H2,1-2H3. The van der Waals surface area contributed by atoms with Crippen molar-refractivity contribution in [3.8, 4) is 11.3 Å². The summed E-state index contributed by atoms with van der Waals surface area (Å²) in [6.45, 7) is 5.04. The lowest BCUT2D eigenvalue weighted by Gasteiger charge is -2.07. The number of nitrogens with two attached hydrogens (primary N) is 1. The highest BCUT2D eigenvalue weighted by Gasteiger charge is 2.13. The molecule has 0 amide bonds. The Balaban J connectivity index is 2.12. The SMILES string of the molecule is CC(C)c1ccc(-c2nc3ccccn3c2CCN)cc1. The number of aromatic nitrogens is 2. The summed E-state index contributed by atoms with van der Waals surface area (Å²) in [7, 11) is 0. The quantitative estimate of drug-likeness (QED) is 0.792. The molecule has 3 nitrogen and oxygen atoms in total. The van der Waals surface area contributed by atoms with Gasteiger partial charge in [0.05, 0.1) is 11.4 Å². The Morgan fingerprint density at radius 3 is 2.52 bits per heavy atom. The van der Waals surface area contributed by atoms with E-state index in [1.807, 2.05) is 18.2 Å². The van der Waals surface area contributed by atoms with Crippen LogP contribution in [-0.4, -0.2) is 15.9 Å². The van der Waals surface area contributed by atoms with E-state index >= 15 is 0 Å². The van der Waals surface area contributed by atoms with Crippen LogP contribution in [0.25, 0.3) is 16.9 Å². The monoisotopic (exact) mass is 279 g/mol. The van der Waals surface area contributed by atoms with Crippen molar-refractivity contribution in [2.24, 2.45) is 5.73 Å². The molecule has 0 atom stereocenters. The number of rotatable bonds is 4. The Morgan fingerprint density at radius 1 is 1.10 bits per heavy atom. The Morgan fingerprint density at radius 2 is 1.86 bits per heavy atom. The van der Waals surface area contributed by atoms with Crippen LogP contribution in [0.2, 0.25) is 0 Å². The highest BCUT2D eigenvalue weighted by Crippen LogP contribution is 2.26. The molecule has 1 aromatic carbocycles. The van der Waals surface area contributed by atoms with Crippen molar-refractivity contribution in [2.75, 3.05) is 6.54 Å². The summed E-state index contributed by atoms with van der Waals surface area (Å²) >= 11 is 0. The summed E-state index contributed by atoms with van der Waals surface area (Å²) in [5, 5.41) is 0. The zero-order valence-corrected chi connectivity index (χ0v) is 12.6. The molecule has 2 aromatic heterocycles. The Labute approximate surface area is 125 Å². The minimum atomic E-state index is 0.545. The smallest absolute Gasteiger partial charge is 0.137 e. The lowest BCUT2D eigenvalue weighted by atomic mass is 10.00. The van der Waals surface area contributed by atoms with E-state index in [4.69, 9.17) is 10.7 Å². The summed E-state index contributed by atoms with van der Waals surface area (Å²) in [5.41, 5.74) is 11.5. The molecule has 0 aliphatic heterocycles. The van der Waals surface area contributed by atoms with Crippen LogP contribution in [0, 0.1) is 0 Å². The summed E-state index contributed by atoms with van der Waals surface area (Å²) in [4.78, 5) is 4.78. The van der Waals surface area contributed by atoms with E-state index in [0.29, 0.717) is 12.5 Å². The molecule has 3 heteroatoms. The molecule has 3 aromatic rings. The van der Waals surface area contributed by atoms with Gasteiger partial charge in [-0.3, -0.25) is 0 Å². The summed E-state index contributed by atoms with van der Waals surface area (Å²) in [5.74, 6) is 0.545. The molecule has 0 fully saturated rings. The van der Waals surface area contributed by atoms with Crippen LogP contribution >= 0.6 is 0 Å². The van der Waals surface area contributed by atoms with Gasteiger partial charge in [-0.1, -0.05) is 44.2 Å². The summed E-state index contributed by atoms with van der Waals surface area (Å²) in [6.07, 6.45) is 2.88. The molecule has 2 N–H and O–H groups in total. The first-order valence-electron chi connectivity index (χ1n) is 7.47. The van der Waals surface area contributed by atoms with Crippen LogP contribution in [0.1, 0.15) is 31.0 Å². The van der Waals surface area contributed by atoms with E-state index in [1.54, 1.807) is 0 Å². The Bertz CT molecular complexity index is 739. The van der Waals surface area contributed by atoms with Crippen LogP contribution in [0.3, 0.4) is 0 Å². The third kappa shape index (κ3) is 2.57. The van der Waals surface area contributed by atoms with Crippen LogP contribution in [0.15, 0.2) is 48.7 Å². The Kier molecular flexibility index (Phi) is 3.76. The molecule has 0 spiro atoms. The van der Waals surface area contributed by atoms with Crippen molar-refractivity contribution in [3.05, 3.63) is 59.9 Å². The molecule has 2 heterocycles. The predicted octanol–water partition coefficient (Wildman–Crippen LogP) is 3.63. The van der Waals surface area contributed by atoms with Gasteiger partial charge in [-0.05, 0) is 30.2 Å². The van der Waals surface area contributed by atoms with Crippen molar-refractivity contribution in [1.29, 1.82) is 0 Å². The van der Waals surface area contributed by atoms with Crippen molar-refractivity contribution < 1.29 is 0 Å². The lowest BCUT2D eigenvalue weighted by Crippen LogP contribution is -2.06. The van der Waals surface area contributed by atoms with Crippen LogP contribution in [0.5, 0.6) is 0 Å². The highest BCUT2D eigenvalue weighted by atomic mass is 15.0. The first-order valence-corrected chi connectivity index (χ1v) is 7.47. The maximum atomic E-state index is 5.78. The van der Waals surface area contributed by atoms with E-state index in [-0.39, 0.29) is 0 Å². The van der Waals surface area contributed by atoms with Gasteiger partial charge in [0.15, 0.2) is 0 Å². The lowest BCUT2D eigenvalue weighted by molar-refractivity contribution is 0.867. The van der Waals surface area contributed by atoms with Gasteiger partial charge in [-0.15, -0.1) is 0 Å². The molecular formula is C18H21N3. The third-order valence-corrected chi connectivity index (χ3v) is 3.86. The van der Waals surface area contributed by atoms with Gasteiger partial charge in [-0.25, -0.2) is 4.98 Å². The normalized spacial score (nSPS) is 11.4. The van der Waals surface area contributed by atoms with Crippen LogP contribution in [0.4, 0.5) is 0 Å². The second kappa shape index (κ2) is 5.70. The van der Waals surface area contributed by atoms with Gasteiger partial charge in [0, 0.05) is 18.2 Å². The molecule has 0 saturated carbocycles. The number of fused-ring (bicyclic) bond motifs is 1. The van der Waals surface area contributed by atoms with E-state index < -0.39 is 0 Å². The largest absolute Gasteiger partial charge is 0.330 e. The van der Waals surface area contributed by atoms with Crippen LogP contribution in [-0.2, 0) is 6.42 Å². The van der Waals surface area contributed by atoms with E-state index in [0.717, 1.165) is 23.3 Å². The second-order valence-electron chi connectivity index (χ2n) is 5.65. The maximum absolute atomic E-state index is 5.78. The maximum Gasteiger partial charge on any atom is 0.137 e. The molecule has 0 saturated heterocycles. The molecule has 108 valence electrons. The van der Waals surface area contributed by atoms with Crippen molar-refractivity contribution in [1.82, 2.24) is 9.38 Å². The topological polar surface area (TPSA) is 43.3 Å². The molecular weight excluding hydrogens is 258 g/mol. The van der Waals surface area contributed by atoms with Gasteiger partial charge in [0.25, 0.3) is 0 Å². The molecule has 0 aliphatic rings. The fourth-order valence-corrected chi connectivity index (χ4v) is 2.68. The van der Waals surface area contributed by atoms with Crippen LogP contribution < -0.4 is 5.73 Å². The number of pyridine rings is 1. The summed E-state index contributed by atoms with van der Waals surface area (Å²) in [6, 6.07) is 14.8. The van der Waals surface area contributed by atoms with E-state index in [9.17, 15) is 0 Å². The first kappa shape index (κ1) is 13.8. The van der Waals surface area contributed by atoms with E-state index in [2.05, 4.69) is 48.7 Å². The Hall–Kier alpha value is -2.13. The number of hydrogen-bond acceptors (Lipinski definition) is 2. The zero-order valence-electron chi connectivity index (χ0n) is 12.6. The minimum Gasteiger partial charge on any atom is -0.330 e. The predicted molar refractivity (Wildman–Crippen MR) is 87.5 cm³/mol. The highest BCUT2D eigenvalue weighted by molar-refractivity contribution is 5.67. The number of nitrogens with zero attached hydrogens (tertiary/aromatic N) is 2. The van der Waals surface area contributed by atoms with Crippen molar-refractivity contribution >= 4 is 5.65 Å². The molecule has 0 bridgehead atoms. The molecule has 0 unspecified atom stereocenters.